The number of anilines is 1. The largest absolute Gasteiger partial charge is 0.358 e. The summed E-state index contributed by atoms with van der Waals surface area (Å²) < 4.78 is 1.12. The number of nitrogens with zero attached hydrogens (tertiary/aromatic N) is 2. The number of aromatic nitrogens is 2. The second-order valence-electron chi connectivity index (χ2n) is 5.62. The lowest BCUT2D eigenvalue weighted by molar-refractivity contribution is 0.745. The third-order valence-electron chi connectivity index (χ3n) is 4.07. The fourth-order valence-electron chi connectivity index (χ4n) is 2.88. The molecule has 0 bridgehead atoms. The van der Waals surface area contributed by atoms with Crippen LogP contribution < -0.4 is 16.1 Å². The fourth-order valence-corrected chi connectivity index (χ4v) is 3.09. The predicted octanol–water partition coefficient (Wildman–Crippen LogP) is 1.92. The van der Waals surface area contributed by atoms with Gasteiger partial charge in [-0.25, -0.2) is 4.79 Å². The van der Waals surface area contributed by atoms with Crippen molar-refractivity contribution in [3.63, 3.8) is 0 Å². The highest BCUT2D eigenvalue weighted by Gasteiger charge is 2.20. The maximum absolute atomic E-state index is 12.5. The maximum atomic E-state index is 12.5. The summed E-state index contributed by atoms with van der Waals surface area (Å²) >= 11 is 6.02. The Labute approximate surface area is 133 Å². The topological polar surface area (TPSA) is 58.1 Å². The van der Waals surface area contributed by atoms with Crippen molar-refractivity contribution >= 4 is 17.4 Å². The van der Waals surface area contributed by atoms with Crippen molar-refractivity contribution in [1.82, 2.24) is 9.55 Å². The van der Waals surface area contributed by atoms with Crippen LogP contribution in [-0.2, 0) is 13.5 Å². The van der Waals surface area contributed by atoms with Crippen LogP contribution in [0.4, 0.5) is 5.82 Å². The van der Waals surface area contributed by atoms with Gasteiger partial charge in [0.2, 0.25) is 0 Å². The third-order valence-corrected chi connectivity index (χ3v) is 4.31. The Bertz CT molecular complexity index is 804. The lowest BCUT2D eigenvalue weighted by atomic mass is 10.1. The van der Waals surface area contributed by atoms with E-state index in [1.54, 1.807) is 6.07 Å². The number of rotatable bonds is 3. The summed E-state index contributed by atoms with van der Waals surface area (Å²) in [5, 5.41) is 0.640. The van der Waals surface area contributed by atoms with Crippen molar-refractivity contribution in [1.29, 1.82) is 0 Å². The van der Waals surface area contributed by atoms with Gasteiger partial charge in [-0.15, -0.1) is 0 Å². The van der Waals surface area contributed by atoms with Crippen LogP contribution in [0.15, 0.2) is 33.9 Å². The molecule has 6 heteroatoms. The number of aromatic amines is 1. The van der Waals surface area contributed by atoms with Crippen LogP contribution in [0, 0.1) is 0 Å². The summed E-state index contributed by atoms with van der Waals surface area (Å²) in [5.41, 5.74) is 0.954. The molecule has 1 aromatic carbocycles. The van der Waals surface area contributed by atoms with E-state index in [4.69, 9.17) is 11.6 Å². The van der Waals surface area contributed by atoms with Crippen molar-refractivity contribution < 1.29 is 0 Å². The predicted molar refractivity (Wildman–Crippen MR) is 88.0 cm³/mol. The molecule has 0 saturated carbocycles. The van der Waals surface area contributed by atoms with Crippen LogP contribution in [0.25, 0.3) is 0 Å². The van der Waals surface area contributed by atoms with E-state index in [2.05, 4.69) is 9.88 Å². The molecule has 3 rings (SSSR count). The highest BCUT2D eigenvalue weighted by Crippen LogP contribution is 2.22. The second kappa shape index (κ2) is 6.01. The Kier molecular flexibility index (Phi) is 4.07. The first kappa shape index (κ1) is 14.9. The molecule has 0 radical (unpaired) electrons. The van der Waals surface area contributed by atoms with Gasteiger partial charge in [-0.3, -0.25) is 14.3 Å². The number of halogens is 1. The van der Waals surface area contributed by atoms with E-state index in [1.807, 2.05) is 18.2 Å². The van der Waals surface area contributed by atoms with E-state index in [0.717, 1.165) is 36.1 Å². The standard InChI is InChI=1S/C16H18ClN3O2/c1-19-15(21)13(10-11-5-4-6-12(17)9-11)14(18-16(19)22)20-7-2-3-8-20/h4-6,9H,2-3,7-8,10H2,1H3,(H,18,22). The van der Waals surface area contributed by atoms with E-state index in [-0.39, 0.29) is 11.2 Å². The lowest BCUT2D eigenvalue weighted by Crippen LogP contribution is -2.38. The molecule has 2 aromatic rings. The molecule has 2 heterocycles. The van der Waals surface area contributed by atoms with Gasteiger partial charge in [-0.05, 0) is 30.5 Å². The lowest BCUT2D eigenvalue weighted by Gasteiger charge is -2.20. The van der Waals surface area contributed by atoms with E-state index >= 15 is 0 Å². The van der Waals surface area contributed by atoms with E-state index in [9.17, 15) is 9.59 Å². The van der Waals surface area contributed by atoms with Gasteiger partial charge in [-0.1, -0.05) is 23.7 Å². The minimum Gasteiger partial charge on any atom is -0.358 e. The van der Waals surface area contributed by atoms with Gasteiger partial charge in [0.1, 0.15) is 5.82 Å². The van der Waals surface area contributed by atoms with Crippen LogP contribution in [0.5, 0.6) is 0 Å². The van der Waals surface area contributed by atoms with Crippen LogP contribution in [0.2, 0.25) is 5.02 Å². The van der Waals surface area contributed by atoms with Crippen LogP contribution in [0.1, 0.15) is 24.0 Å². The van der Waals surface area contributed by atoms with Crippen LogP contribution in [0.3, 0.4) is 0 Å². The number of nitrogens with one attached hydrogen (secondary N) is 1. The zero-order chi connectivity index (χ0) is 15.7. The van der Waals surface area contributed by atoms with E-state index < -0.39 is 0 Å². The summed E-state index contributed by atoms with van der Waals surface area (Å²) in [6, 6.07) is 7.45. The van der Waals surface area contributed by atoms with Gasteiger partial charge in [0, 0.05) is 31.6 Å². The molecule has 1 aliphatic heterocycles. The smallest absolute Gasteiger partial charge is 0.329 e. The molecule has 1 fully saturated rings. The first-order valence-electron chi connectivity index (χ1n) is 7.38. The highest BCUT2D eigenvalue weighted by molar-refractivity contribution is 6.30. The molecule has 0 atom stereocenters. The van der Waals surface area contributed by atoms with Crippen LogP contribution >= 0.6 is 11.6 Å². The molecule has 1 aromatic heterocycles. The molecule has 1 saturated heterocycles. The van der Waals surface area contributed by atoms with E-state index in [0.29, 0.717) is 22.8 Å². The summed E-state index contributed by atoms with van der Waals surface area (Å²) in [4.78, 5) is 29.4. The molecular formula is C16H18ClN3O2. The first-order valence-corrected chi connectivity index (χ1v) is 7.75. The zero-order valence-electron chi connectivity index (χ0n) is 12.4. The molecule has 0 unspecified atom stereocenters. The van der Waals surface area contributed by atoms with Crippen molar-refractivity contribution in [3.8, 4) is 0 Å². The van der Waals surface area contributed by atoms with Crippen molar-refractivity contribution in [2.75, 3.05) is 18.0 Å². The highest BCUT2D eigenvalue weighted by atomic mass is 35.5. The van der Waals surface area contributed by atoms with Gasteiger partial charge < -0.3 is 4.90 Å². The Balaban J connectivity index is 2.10. The van der Waals surface area contributed by atoms with Gasteiger partial charge in [-0.2, -0.15) is 0 Å². The number of benzene rings is 1. The van der Waals surface area contributed by atoms with Crippen molar-refractivity contribution in [2.45, 2.75) is 19.3 Å². The monoisotopic (exact) mass is 319 g/mol. The molecule has 0 spiro atoms. The number of hydrogen-bond donors (Lipinski definition) is 1. The molecule has 1 N–H and O–H groups in total. The zero-order valence-corrected chi connectivity index (χ0v) is 13.2. The molecule has 5 nitrogen and oxygen atoms in total. The second-order valence-corrected chi connectivity index (χ2v) is 6.06. The SMILES string of the molecule is Cn1c(=O)[nH]c(N2CCCC2)c(Cc2cccc(Cl)c2)c1=O. The first-order chi connectivity index (χ1) is 10.6. The third kappa shape index (κ3) is 2.81. The molecule has 1 aliphatic rings. The van der Waals surface area contributed by atoms with Crippen molar-refractivity contribution in [2.24, 2.45) is 7.05 Å². The maximum Gasteiger partial charge on any atom is 0.329 e. The number of H-pyrrole nitrogens is 1. The van der Waals surface area contributed by atoms with E-state index in [1.165, 1.54) is 7.05 Å². The summed E-state index contributed by atoms with van der Waals surface area (Å²) in [7, 11) is 1.50. The van der Waals surface area contributed by atoms with Crippen molar-refractivity contribution in [3.05, 3.63) is 61.3 Å². The molecule has 22 heavy (non-hydrogen) atoms. The normalized spacial score (nSPS) is 14.5. The molecule has 0 aliphatic carbocycles. The minimum absolute atomic E-state index is 0.245. The van der Waals surface area contributed by atoms with Gasteiger partial charge in [0.15, 0.2) is 0 Å². The summed E-state index contributed by atoms with van der Waals surface area (Å²) in [6.45, 7) is 1.73. The minimum atomic E-state index is -0.373. The average molecular weight is 320 g/mol. The number of hydrogen-bond acceptors (Lipinski definition) is 3. The fraction of sp³-hybridized carbons (Fsp3) is 0.375. The van der Waals surface area contributed by atoms with Gasteiger partial charge in [0.25, 0.3) is 5.56 Å². The quantitative estimate of drug-likeness (QED) is 0.940. The Morgan fingerprint density at radius 3 is 2.64 bits per heavy atom. The van der Waals surface area contributed by atoms with Crippen LogP contribution in [-0.4, -0.2) is 22.6 Å². The Hall–Kier alpha value is -2.01. The molecule has 116 valence electrons. The van der Waals surface area contributed by atoms with Gasteiger partial charge >= 0.3 is 5.69 Å². The average Bonchev–Trinajstić information content (AvgIpc) is 3.02. The molecular weight excluding hydrogens is 302 g/mol. The molecule has 0 amide bonds. The Morgan fingerprint density at radius 2 is 1.95 bits per heavy atom. The summed E-state index contributed by atoms with van der Waals surface area (Å²) in [6.07, 6.45) is 2.61. The van der Waals surface area contributed by atoms with Gasteiger partial charge in [0.05, 0.1) is 5.56 Å². The Morgan fingerprint density at radius 1 is 1.23 bits per heavy atom. The summed E-state index contributed by atoms with van der Waals surface area (Å²) in [5.74, 6) is 0.658.